The van der Waals surface area contributed by atoms with Crippen LogP contribution in [0.1, 0.15) is 30.9 Å². The van der Waals surface area contributed by atoms with E-state index in [1.54, 1.807) is 44.5 Å². The van der Waals surface area contributed by atoms with Gasteiger partial charge < -0.3 is 31.1 Å². The number of amides is 1. The third-order valence-corrected chi connectivity index (χ3v) is 8.24. The molecule has 1 aliphatic heterocycles. The van der Waals surface area contributed by atoms with E-state index in [-0.39, 0.29) is 29.2 Å². The van der Waals surface area contributed by atoms with Crippen LogP contribution < -0.4 is 26.0 Å². The first-order valence-corrected chi connectivity index (χ1v) is 15.4. The Labute approximate surface area is 271 Å². The second kappa shape index (κ2) is 15.0. The standard InChI is InChI=1S/C33H35Cl2FN6O3/c1-19(43)15-37-16-20-5-3-8-27(31(20)36)41-26-13-14-39-32(30(26)35)24-7-4-6-23(29(24)34)25-11-9-21(33(42-25)45-2)17-38-18-22-10-12-28(44)40-22/h3-9,11,13-14,19,22,37-38,43H,10,12,15-18H2,1-2H3,(H,39,41)(H,40,44). The maximum absolute atomic E-state index is 15.3. The Kier molecular flexibility index (Phi) is 10.9. The summed E-state index contributed by atoms with van der Waals surface area (Å²) in [6.07, 6.45) is 2.43. The van der Waals surface area contributed by atoms with E-state index in [2.05, 4.69) is 26.3 Å². The van der Waals surface area contributed by atoms with Crippen molar-refractivity contribution in [2.24, 2.45) is 0 Å². The van der Waals surface area contributed by atoms with Gasteiger partial charge in [-0.1, -0.05) is 59.6 Å². The van der Waals surface area contributed by atoms with Gasteiger partial charge in [0.15, 0.2) is 5.82 Å². The van der Waals surface area contributed by atoms with E-state index in [9.17, 15) is 9.90 Å². The number of nitrogens with one attached hydrogen (secondary N) is 4. The van der Waals surface area contributed by atoms with Crippen molar-refractivity contribution in [3.05, 3.63) is 87.8 Å². The molecule has 2 aromatic heterocycles. The van der Waals surface area contributed by atoms with E-state index in [1.807, 2.05) is 30.3 Å². The van der Waals surface area contributed by atoms with Crippen molar-refractivity contribution in [3.63, 3.8) is 0 Å². The maximum atomic E-state index is 15.3. The number of anilines is 2. The van der Waals surface area contributed by atoms with Gasteiger partial charge in [-0.25, -0.2) is 9.37 Å². The number of hydrogen-bond donors (Lipinski definition) is 5. The first-order valence-electron chi connectivity index (χ1n) is 14.7. The van der Waals surface area contributed by atoms with Gasteiger partial charge in [0.25, 0.3) is 0 Å². The predicted octanol–water partition coefficient (Wildman–Crippen LogP) is 5.85. The fourth-order valence-electron chi connectivity index (χ4n) is 5.16. The number of nitrogens with zero attached hydrogens (tertiary/aromatic N) is 2. The van der Waals surface area contributed by atoms with Crippen LogP contribution in [0, 0.1) is 5.82 Å². The molecule has 0 bridgehead atoms. The molecule has 45 heavy (non-hydrogen) atoms. The third-order valence-electron chi connectivity index (χ3n) is 7.45. The zero-order valence-corrected chi connectivity index (χ0v) is 26.5. The van der Waals surface area contributed by atoms with Crippen molar-refractivity contribution in [1.29, 1.82) is 0 Å². The average Bonchev–Trinajstić information content (AvgIpc) is 3.45. The lowest BCUT2D eigenvalue weighted by atomic mass is 10.0. The molecule has 2 atom stereocenters. The number of ether oxygens (including phenoxy) is 1. The van der Waals surface area contributed by atoms with Crippen LogP contribution in [0.5, 0.6) is 5.88 Å². The number of methoxy groups -OCH3 is 1. The Morgan fingerprint density at radius 1 is 1.02 bits per heavy atom. The summed E-state index contributed by atoms with van der Waals surface area (Å²) >= 11 is 13.8. The fraction of sp³-hybridized carbons (Fsp3) is 0.303. The van der Waals surface area contributed by atoms with Gasteiger partial charge in [0.05, 0.1) is 46.0 Å². The van der Waals surface area contributed by atoms with Crippen molar-refractivity contribution in [3.8, 4) is 28.4 Å². The molecule has 236 valence electrons. The Morgan fingerprint density at radius 2 is 1.80 bits per heavy atom. The molecule has 0 aliphatic carbocycles. The predicted molar refractivity (Wildman–Crippen MR) is 175 cm³/mol. The summed E-state index contributed by atoms with van der Waals surface area (Å²) in [6, 6.07) is 16.2. The summed E-state index contributed by atoms with van der Waals surface area (Å²) in [4.78, 5) is 20.7. The van der Waals surface area contributed by atoms with Crippen LogP contribution in [-0.4, -0.2) is 53.3 Å². The lowest BCUT2D eigenvalue weighted by Gasteiger charge is -2.16. The quantitative estimate of drug-likeness (QED) is 0.122. The fourth-order valence-corrected chi connectivity index (χ4v) is 5.73. The van der Waals surface area contributed by atoms with Gasteiger partial charge in [0, 0.05) is 67.1 Å². The Balaban J connectivity index is 1.36. The minimum Gasteiger partial charge on any atom is -0.481 e. The minimum absolute atomic E-state index is 0.0847. The van der Waals surface area contributed by atoms with Crippen molar-refractivity contribution in [2.75, 3.05) is 25.5 Å². The van der Waals surface area contributed by atoms with Gasteiger partial charge in [0.2, 0.25) is 11.8 Å². The maximum Gasteiger partial charge on any atom is 0.220 e. The molecule has 1 aliphatic rings. The van der Waals surface area contributed by atoms with Gasteiger partial charge in [-0.15, -0.1) is 0 Å². The van der Waals surface area contributed by atoms with Crippen LogP contribution in [-0.2, 0) is 17.9 Å². The van der Waals surface area contributed by atoms with Crippen LogP contribution in [0.15, 0.2) is 60.8 Å². The molecule has 0 spiro atoms. The number of carbonyl (C=O) groups is 1. The molecule has 12 heteroatoms. The van der Waals surface area contributed by atoms with Crippen LogP contribution in [0.3, 0.4) is 0 Å². The third kappa shape index (κ3) is 7.89. The molecule has 5 rings (SSSR count). The van der Waals surface area contributed by atoms with Gasteiger partial charge >= 0.3 is 0 Å². The number of aliphatic hydroxyl groups excluding tert-OH is 1. The van der Waals surface area contributed by atoms with Crippen LogP contribution in [0.4, 0.5) is 15.8 Å². The van der Waals surface area contributed by atoms with Crippen LogP contribution in [0.2, 0.25) is 10.0 Å². The van der Waals surface area contributed by atoms with E-state index in [0.29, 0.717) is 70.7 Å². The Bertz CT molecular complexity index is 1670. The zero-order valence-electron chi connectivity index (χ0n) is 25.0. The number of rotatable bonds is 13. The molecule has 0 radical (unpaired) electrons. The van der Waals surface area contributed by atoms with E-state index in [1.165, 1.54) is 0 Å². The molecular weight excluding hydrogens is 618 g/mol. The number of halogens is 3. The summed E-state index contributed by atoms with van der Waals surface area (Å²) in [5.74, 6) is 0.125. The number of pyridine rings is 2. The summed E-state index contributed by atoms with van der Waals surface area (Å²) in [5, 5.41) is 22.6. The molecule has 1 amide bonds. The SMILES string of the molecule is COc1nc(-c2cccc(-c3nccc(Nc4cccc(CNCC(C)O)c4F)c3Cl)c2Cl)ccc1CNCC1CCC(=O)N1. The second-order valence-corrected chi connectivity index (χ2v) is 11.6. The number of aromatic nitrogens is 2. The Hall–Kier alpha value is -3.80. The molecule has 9 nitrogen and oxygen atoms in total. The van der Waals surface area contributed by atoms with Crippen molar-refractivity contribution >= 4 is 40.5 Å². The monoisotopic (exact) mass is 652 g/mol. The van der Waals surface area contributed by atoms with Gasteiger partial charge in [-0.3, -0.25) is 9.78 Å². The van der Waals surface area contributed by atoms with Gasteiger partial charge in [0.1, 0.15) is 0 Å². The smallest absolute Gasteiger partial charge is 0.220 e. The molecule has 4 aromatic rings. The molecule has 2 aromatic carbocycles. The van der Waals surface area contributed by atoms with Crippen molar-refractivity contribution in [1.82, 2.24) is 25.9 Å². The molecule has 1 saturated heterocycles. The minimum atomic E-state index is -0.535. The lowest BCUT2D eigenvalue weighted by Crippen LogP contribution is -2.35. The summed E-state index contributed by atoms with van der Waals surface area (Å²) in [5.41, 5.74) is 4.33. The molecular formula is C33H35Cl2FN6O3. The largest absolute Gasteiger partial charge is 0.481 e. The van der Waals surface area contributed by atoms with Crippen LogP contribution >= 0.6 is 23.2 Å². The highest BCUT2D eigenvalue weighted by atomic mass is 35.5. The normalized spacial score (nSPS) is 15.2. The van der Waals surface area contributed by atoms with E-state index in [0.717, 1.165) is 12.0 Å². The number of benzene rings is 2. The molecule has 1 fully saturated rings. The summed E-state index contributed by atoms with van der Waals surface area (Å²) < 4.78 is 20.9. The first-order chi connectivity index (χ1) is 21.7. The van der Waals surface area contributed by atoms with E-state index < -0.39 is 11.9 Å². The van der Waals surface area contributed by atoms with E-state index in [4.69, 9.17) is 32.9 Å². The Morgan fingerprint density at radius 3 is 2.56 bits per heavy atom. The number of carbonyl (C=O) groups excluding carboxylic acids is 1. The van der Waals surface area contributed by atoms with E-state index >= 15 is 4.39 Å². The molecule has 0 saturated carbocycles. The highest BCUT2D eigenvalue weighted by molar-refractivity contribution is 6.39. The second-order valence-electron chi connectivity index (χ2n) is 10.9. The summed E-state index contributed by atoms with van der Waals surface area (Å²) in [6.45, 7) is 3.46. The first kappa shape index (κ1) is 32.6. The van der Waals surface area contributed by atoms with Crippen molar-refractivity contribution in [2.45, 2.75) is 45.0 Å². The number of hydrogen-bond acceptors (Lipinski definition) is 8. The number of aliphatic hydroxyl groups is 1. The summed E-state index contributed by atoms with van der Waals surface area (Å²) in [7, 11) is 1.57. The highest BCUT2D eigenvalue weighted by Gasteiger charge is 2.21. The molecule has 5 N–H and O–H groups in total. The molecule has 2 unspecified atom stereocenters. The van der Waals surface area contributed by atoms with Crippen molar-refractivity contribution < 1.29 is 19.0 Å². The zero-order chi connectivity index (χ0) is 31.9. The van der Waals surface area contributed by atoms with Gasteiger partial charge in [-0.05, 0) is 31.5 Å². The van der Waals surface area contributed by atoms with Crippen LogP contribution in [0.25, 0.3) is 22.5 Å². The lowest BCUT2D eigenvalue weighted by molar-refractivity contribution is -0.119. The topological polar surface area (TPSA) is 120 Å². The highest BCUT2D eigenvalue weighted by Crippen LogP contribution is 2.41. The average molecular weight is 654 g/mol. The van der Waals surface area contributed by atoms with Gasteiger partial charge in [-0.2, -0.15) is 0 Å². The molecule has 3 heterocycles.